The van der Waals surface area contributed by atoms with Gasteiger partial charge in [-0.25, -0.2) is 4.79 Å². The third-order valence-corrected chi connectivity index (χ3v) is 7.24. The van der Waals surface area contributed by atoms with Crippen LogP contribution in [0.5, 0.6) is 0 Å². The minimum Gasteiger partial charge on any atom is -0.465 e. The van der Waals surface area contributed by atoms with Crippen LogP contribution in [0.1, 0.15) is 50.7 Å². The van der Waals surface area contributed by atoms with Gasteiger partial charge in [0, 0.05) is 49.4 Å². The Bertz CT molecular complexity index is 1450. The second kappa shape index (κ2) is 12.5. The fourth-order valence-corrected chi connectivity index (χ4v) is 5.13. The van der Waals surface area contributed by atoms with Crippen LogP contribution in [-0.4, -0.2) is 49.6 Å². The molecule has 7 nitrogen and oxygen atoms in total. The smallest absolute Gasteiger partial charge is 0.337 e. The Labute approximate surface area is 230 Å². The number of ketones is 2. The molecule has 0 aliphatic heterocycles. The quantitative estimate of drug-likeness (QED) is 0.344. The van der Waals surface area contributed by atoms with Crippen LogP contribution >= 0.6 is 11.6 Å². The predicted molar refractivity (Wildman–Crippen MR) is 145 cm³/mol. The van der Waals surface area contributed by atoms with Crippen molar-refractivity contribution < 1.29 is 28.2 Å². The highest BCUT2D eigenvalue weighted by atomic mass is 35.5. The van der Waals surface area contributed by atoms with Gasteiger partial charge >= 0.3 is 5.97 Å². The van der Waals surface area contributed by atoms with Crippen molar-refractivity contribution in [2.24, 2.45) is 5.92 Å². The molecule has 1 aliphatic rings. The number of nitrogens with zero attached hydrogens (tertiary/aromatic N) is 1. The normalized spacial score (nSPS) is 15.5. The predicted octanol–water partition coefficient (Wildman–Crippen LogP) is 5.06. The summed E-state index contributed by atoms with van der Waals surface area (Å²) in [6, 6.07) is 12.1. The summed E-state index contributed by atoms with van der Waals surface area (Å²) in [6.45, 7) is -0.454. The summed E-state index contributed by atoms with van der Waals surface area (Å²) in [6.07, 6.45) is 1.95. The molecule has 39 heavy (non-hydrogen) atoms. The number of pyridine rings is 1. The maximum Gasteiger partial charge on any atom is 0.337 e. The average molecular weight is 554 g/mol. The van der Waals surface area contributed by atoms with Crippen molar-refractivity contribution in [2.45, 2.75) is 31.7 Å². The number of fused-ring (bicyclic) bond motifs is 3. The molecule has 0 N–H and O–H groups in total. The number of rotatable bonds is 9. The molecule has 2 atom stereocenters. The Morgan fingerprint density at radius 3 is 2.44 bits per heavy atom. The molecule has 2 unspecified atom stereocenters. The Balaban J connectivity index is 1.75. The summed E-state index contributed by atoms with van der Waals surface area (Å²) < 4.78 is 25.0. The van der Waals surface area contributed by atoms with Crippen LogP contribution in [0.2, 0.25) is 5.02 Å². The number of methoxy groups -OCH3 is 2. The molecule has 1 aromatic heterocycles. The van der Waals surface area contributed by atoms with E-state index in [0.29, 0.717) is 33.7 Å². The van der Waals surface area contributed by atoms with Gasteiger partial charge in [0.15, 0.2) is 11.6 Å². The van der Waals surface area contributed by atoms with Crippen LogP contribution in [0.3, 0.4) is 0 Å². The molecule has 9 heteroatoms. The topological polar surface area (TPSA) is 91.7 Å². The zero-order valence-corrected chi connectivity index (χ0v) is 22.5. The standard InChI is InChI=1S/C30H29ClFNO6/c1-38-10-9-26(28(35)12-18-3-5-20(6-4-18)30(37)39-2)33-17-25-24(15-29(33)36)23-14-22(31)8-7-21(23)11-19(16-32)13-27(25)34/h3-8,14-15,17,19,26H,9-13,16H2,1-2H3. The lowest BCUT2D eigenvalue weighted by molar-refractivity contribution is -0.122. The van der Waals surface area contributed by atoms with E-state index in [-0.39, 0.29) is 43.0 Å². The van der Waals surface area contributed by atoms with E-state index in [0.717, 1.165) is 5.56 Å². The van der Waals surface area contributed by atoms with Gasteiger partial charge in [-0.3, -0.25) is 18.8 Å². The summed E-state index contributed by atoms with van der Waals surface area (Å²) in [5.74, 6) is -1.56. The SMILES string of the molecule is COCCC(C(=O)Cc1ccc(C(=O)OC)cc1)n1cc2c(cc1=O)-c1cc(Cl)ccc1CC(CF)CC2=O. The molecule has 4 rings (SSSR count). The molecule has 0 radical (unpaired) electrons. The van der Waals surface area contributed by atoms with Gasteiger partial charge in [-0.1, -0.05) is 29.8 Å². The maximum atomic E-state index is 13.8. The third kappa shape index (κ3) is 6.34. The first kappa shape index (κ1) is 28.4. The molecule has 2 aromatic carbocycles. The van der Waals surface area contributed by atoms with Crippen molar-refractivity contribution in [2.75, 3.05) is 27.5 Å². The van der Waals surface area contributed by atoms with Crippen molar-refractivity contribution >= 4 is 29.1 Å². The first-order valence-corrected chi connectivity index (χ1v) is 13.0. The number of halogens is 2. The summed E-state index contributed by atoms with van der Waals surface area (Å²) >= 11 is 6.25. The van der Waals surface area contributed by atoms with E-state index in [2.05, 4.69) is 0 Å². The lowest BCUT2D eigenvalue weighted by atomic mass is 9.83. The second-order valence-electron chi connectivity index (χ2n) is 9.63. The summed E-state index contributed by atoms with van der Waals surface area (Å²) in [5, 5.41) is 0.431. The first-order valence-electron chi connectivity index (χ1n) is 12.6. The molecule has 0 saturated heterocycles. The molecule has 0 spiro atoms. The summed E-state index contributed by atoms with van der Waals surface area (Å²) in [4.78, 5) is 52.0. The molecular formula is C30H29ClFNO6. The third-order valence-electron chi connectivity index (χ3n) is 7.00. The molecule has 0 amide bonds. The monoisotopic (exact) mass is 553 g/mol. The van der Waals surface area contributed by atoms with Crippen LogP contribution in [0, 0.1) is 5.92 Å². The van der Waals surface area contributed by atoms with Crippen LogP contribution in [0.25, 0.3) is 11.1 Å². The Morgan fingerprint density at radius 2 is 1.77 bits per heavy atom. The molecule has 204 valence electrons. The van der Waals surface area contributed by atoms with Gasteiger partial charge in [-0.05, 0) is 65.3 Å². The number of carbonyl (C=O) groups excluding carboxylic acids is 3. The molecule has 0 saturated carbocycles. The number of carbonyl (C=O) groups is 3. The number of Topliss-reactive ketones (excluding diaryl/α,β-unsaturated/α-hetero) is 2. The fourth-order valence-electron chi connectivity index (χ4n) is 4.96. The minimum absolute atomic E-state index is 0.00429. The summed E-state index contributed by atoms with van der Waals surface area (Å²) in [7, 11) is 2.79. The van der Waals surface area contributed by atoms with Gasteiger partial charge < -0.3 is 14.0 Å². The van der Waals surface area contributed by atoms with Gasteiger partial charge in [0.1, 0.15) is 0 Å². The lowest BCUT2D eigenvalue weighted by Crippen LogP contribution is -2.32. The molecular weight excluding hydrogens is 525 g/mol. The number of hydrogen-bond acceptors (Lipinski definition) is 6. The van der Waals surface area contributed by atoms with E-state index < -0.39 is 30.2 Å². The van der Waals surface area contributed by atoms with Gasteiger partial charge in [-0.2, -0.15) is 0 Å². The molecule has 3 aromatic rings. The number of aromatic nitrogens is 1. The molecule has 1 aliphatic carbocycles. The minimum atomic E-state index is -0.905. The van der Waals surface area contributed by atoms with Gasteiger partial charge in [0.2, 0.25) is 0 Å². The summed E-state index contributed by atoms with van der Waals surface area (Å²) in [5.41, 5.74) is 2.63. The molecule has 0 bridgehead atoms. The first-order chi connectivity index (χ1) is 18.7. The zero-order valence-electron chi connectivity index (χ0n) is 21.7. The van der Waals surface area contributed by atoms with Crippen molar-refractivity contribution in [1.82, 2.24) is 4.57 Å². The van der Waals surface area contributed by atoms with E-state index in [9.17, 15) is 23.6 Å². The largest absolute Gasteiger partial charge is 0.465 e. The fraction of sp³-hybridized carbons (Fsp3) is 0.333. The molecule has 1 heterocycles. The highest BCUT2D eigenvalue weighted by molar-refractivity contribution is 6.31. The van der Waals surface area contributed by atoms with Crippen LogP contribution in [0.4, 0.5) is 4.39 Å². The highest BCUT2D eigenvalue weighted by Crippen LogP contribution is 2.35. The van der Waals surface area contributed by atoms with Crippen LogP contribution in [0.15, 0.2) is 59.5 Å². The van der Waals surface area contributed by atoms with Crippen LogP contribution < -0.4 is 5.56 Å². The van der Waals surface area contributed by atoms with Crippen LogP contribution in [-0.2, 0) is 27.1 Å². The van der Waals surface area contributed by atoms with Crippen molar-refractivity contribution in [3.63, 3.8) is 0 Å². The number of ether oxygens (including phenoxy) is 2. The van der Waals surface area contributed by atoms with Crippen molar-refractivity contribution in [3.05, 3.63) is 92.4 Å². The number of hydrogen-bond donors (Lipinski definition) is 0. The van der Waals surface area contributed by atoms with E-state index in [1.807, 2.05) is 0 Å². The lowest BCUT2D eigenvalue weighted by Gasteiger charge is -2.24. The Kier molecular flexibility index (Phi) is 9.09. The average Bonchev–Trinajstić information content (AvgIpc) is 2.93. The van der Waals surface area contributed by atoms with Crippen molar-refractivity contribution in [1.29, 1.82) is 0 Å². The second-order valence-corrected chi connectivity index (χ2v) is 10.1. The maximum absolute atomic E-state index is 13.8. The van der Waals surface area contributed by atoms with Gasteiger partial charge in [0.05, 0.1) is 25.4 Å². The van der Waals surface area contributed by atoms with E-state index >= 15 is 0 Å². The zero-order chi connectivity index (χ0) is 28.1. The molecule has 0 fully saturated rings. The number of esters is 1. The van der Waals surface area contributed by atoms with E-state index in [4.69, 9.17) is 21.1 Å². The van der Waals surface area contributed by atoms with E-state index in [1.165, 1.54) is 31.0 Å². The number of benzene rings is 2. The van der Waals surface area contributed by atoms with E-state index in [1.54, 1.807) is 42.5 Å². The van der Waals surface area contributed by atoms with Crippen molar-refractivity contribution in [3.8, 4) is 11.1 Å². The van der Waals surface area contributed by atoms with Gasteiger partial charge in [0.25, 0.3) is 5.56 Å². The Hall–Kier alpha value is -3.62. The highest BCUT2D eigenvalue weighted by Gasteiger charge is 2.28. The number of alkyl halides is 1. The Morgan fingerprint density at radius 1 is 1.03 bits per heavy atom. The van der Waals surface area contributed by atoms with Gasteiger partial charge in [-0.15, -0.1) is 0 Å².